The third-order valence-corrected chi connectivity index (χ3v) is 6.19. The average Bonchev–Trinajstić information content (AvgIpc) is 3.08. The Balaban J connectivity index is 1.90. The van der Waals surface area contributed by atoms with Crippen LogP contribution in [-0.4, -0.2) is 26.1 Å². The Morgan fingerprint density at radius 2 is 2.13 bits per heavy atom. The van der Waals surface area contributed by atoms with Crippen molar-refractivity contribution in [2.45, 2.75) is 6.92 Å². The molecule has 118 valence electrons. The fourth-order valence-electron chi connectivity index (χ4n) is 1.85. The highest BCUT2D eigenvalue weighted by Gasteiger charge is 2.15. The van der Waals surface area contributed by atoms with Crippen LogP contribution in [0.3, 0.4) is 0 Å². The van der Waals surface area contributed by atoms with Crippen molar-refractivity contribution in [3.8, 4) is 5.69 Å². The monoisotopic (exact) mass is 459 g/mol. The van der Waals surface area contributed by atoms with Gasteiger partial charge in [-0.05, 0) is 73.5 Å². The highest BCUT2D eigenvalue weighted by atomic mass is 79.9. The molecule has 0 atom stereocenters. The van der Waals surface area contributed by atoms with E-state index in [1.54, 1.807) is 13.0 Å². The Bertz CT molecular complexity index is 875. The number of amides is 1. The third-order valence-electron chi connectivity index (χ3n) is 2.94. The lowest BCUT2D eigenvalue weighted by Gasteiger charge is -2.08. The van der Waals surface area contributed by atoms with E-state index in [0.29, 0.717) is 16.4 Å². The molecule has 3 aromatic rings. The number of halogens is 3. The predicted octanol–water partition coefficient (Wildman–Crippen LogP) is 3.95. The van der Waals surface area contributed by atoms with Crippen LogP contribution in [0.2, 0.25) is 0 Å². The zero-order valence-electron chi connectivity index (χ0n) is 11.5. The van der Waals surface area contributed by atoms with Crippen LogP contribution in [-0.2, 0) is 0 Å². The zero-order valence-corrected chi connectivity index (χ0v) is 15.5. The molecule has 1 N–H and O–H groups in total. The minimum Gasteiger partial charge on any atom is -0.319 e. The molecule has 10 heteroatoms. The van der Waals surface area contributed by atoms with E-state index in [9.17, 15) is 9.18 Å². The Morgan fingerprint density at radius 3 is 2.74 bits per heavy atom. The lowest BCUT2D eigenvalue weighted by atomic mass is 10.2. The summed E-state index contributed by atoms with van der Waals surface area (Å²) in [7, 11) is 0. The molecule has 3 rings (SSSR count). The van der Waals surface area contributed by atoms with E-state index in [0.717, 1.165) is 8.26 Å². The normalized spacial score (nSPS) is 10.8. The number of hydrogen-bond acceptors (Lipinski definition) is 5. The van der Waals surface area contributed by atoms with E-state index in [1.807, 2.05) is 0 Å². The molecular formula is C13H8Br2FN5OS. The van der Waals surface area contributed by atoms with Crippen LogP contribution in [0.25, 0.3) is 5.69 Å². The van der Waals surface area contributed by atoms with Crippen LogP contribution in [0.1, 0.15) is 15.5 Å². The van der Waals surface area contributed by atoms with Crippen LogP contribution in [0, 0.1) is 12.7 Å². The molecule has 0 bridgehead atoms. The molecule has 2 heterocycles. The smallest absolute Gasteiger partial charge is 0.265 e. The molecular weight excluding hydrogens is 453 g/mol. The van der Waals surface area contributed by atoms with Crippen molar-refractivity contribution in [1.29, 1.82) is 0 Å². The van der Waals surface area contributed by atoms with Crippen molar-refractivity contribution < 1.29 is 9.18 Å². The Labute approximate surface area is 151 Å². The maximum Gasteiger partial charge on any atom is 0.265 e. The molecule has 6 nitrogen and oxygen atoms in total. The molecule has 0 aliphatic heterocycles. The lowest BCUT2D eigenvalue weighted by Crippen LogP contribution is -2.12. The molecule has 23 heavy (non-hydrogen) atoms. The maximum atomic E-state index is 14.0. The molecule has 0 fully saturated rings. The molecule has 0 unspecified atom stereocenters. The number of hydrogen-bond donors (Lipinski definition) is 1. The quantitative estimate of drug-likeness (QED) is 0.642. The number of aromatic nitrogens is 4. The first-order chi connectivity index (χ1) is 11.0. The fraction of sp³-hybridized carbons (Fsp3) is 0.0769. The minimum absolute atomic E-state index is 0.0584. The SMILES string of the molecule is Cc1nnnn1-c1ccc(F)c(NC(=O)c2cc(Br)c(Br)s2)c1. The lowest BCUT2D eigenvalue weighted by molar-refractivity contribution is 0.103. The number of tetrazole rings is 1. The summed E-state index contributed by atoms with van der Waals surface area (Å²) in [6.07, 6.45) is 0. The van der Waals surface area contributed by atoms with E-state index in [-0.39, 0.29) is 5.69 Å². The van der Waals surface area contributed by atoms with Crippen molar-refractivity contribution in [2.75, 3.05) is 5.32 Å². The highest BCUT2D eigenvalue weighted by Crippen LogP contribution is 2.33. The van der Waals surface area contributed by atoms with Gasteiger partial charge in [0.2, 0.25) is 0 Å². The van der Waals surface area contributed by atoms with Crippen molar-refractivity contribution in [3.63, 3.8) is 0 Å². The van der Waals surface area contributed by atoms with Gasteiger partial charge in [0.25, 0.3) is 5.91 Å². The standard InChI is InChI=1S/C13H8Br2FN5OS/c1-6-18-19-20-21(6)7-2-3-9(16)10(4-7)17-13(22)11-5-8(14)12(15)23-11/h2-5H,1H3,(H,17,22). The Hall–Kier alpha value is -1.65. The Kier molecular flexibility index (Phi) is 4.55. The Morgan fingerprint density at radius 1 is 1.35 bits per heavy atom. The summed E-state index contributed by atoms with van der Waals surface area (Å²) >= 11 is 7.89. The summed E-state index contributed by atoms with van der Waals surface area (Å²) in [6, 6.07) is 5.94. The molecule has 0 aliphatic rings. The van der Waals surface area contributed by atoms with Crippen molar-refractivity contribution in [2.24, 2.45) is 0 Å². The van der Waals surface area contributed by atoms with Gasteiger partial charge in [-0.2, -0.15) is 4.68 Å². The number of carbonyl (C=O) groups is 1. The number of benzene rings is 1. The largest absolute Gasteiger partial charge is 0.319 e. The van der Waals surface area contributed by atoms with E-state index in [1.165, 1.54) is 34.2 Å². The summed E-state index contributed by atoms with van der Waals surface area (Å²) in [5.74, 6) is -0.381. The summed E-state index contributed by atoms with van der Waals surface area (Å²) in [6.45, 7) is 1.72. The van der Waals surface area contributed by atoms with Gasteiger partial charge in [0.1, 0.15) is 5.82 Å². The van der Waals surface area contributed by atoms with Gasteiger partial charge >= 0.3 is 0 Å². The number of rotatable bonds is 3. The second-order valence-corrected chi connectivity index (χ2v) is 7.71. The summed E-state index contributed by atoms with van der Waals surface area (Å²) in [4.78, 5) is 12.7. The molecule has 0 aliphatic carbocycles. The van der Waals surface area contributed by atoms with Crippen LogP contribution in [0.4, 0.5) is 10.1 Å². The average molecular weight is 461 g/mol. The first kappa shape index (κ1) is 16.2. The second kappa shape index (κ2) is 6.46. The summed E-state index contributed by atoms with van der Waals surface area (Å²) in [5.41, 5.74) is 0.612. The number of nitrogens with zero attached hydrogens (tertiary/aromatic N) is 4. The minimum atomic E-state index is -0.539. The van der Waals surface area contributed by atoms with Crippen molar-refractivity contribution in [1.82, 2.24) is 20.2 Å². The first-order valence-electron chi connectivity index (χ1n) is 6.27. The number of nitrogens with one attached hydrogen (secondary N) is 1. The molecule has 1 aromatic carbocycles. The zero-order chi connectivity index (χ0) is 16.6. The molecule has 1 amide bonds. The van der Waals surface area contributed by atoms with Crippen molar-refractivity contribution in [3.05, 3.63) is 49.0 Å². The van der Waals surface area contributed by atoms with E-state index >= 15 is 0 Å². The topological polar surface area (TPSA) is 72.7 Å². The van der Waals surface area contributed by atoms with Crippen LogP contribution in [0.15, 0.2) is 32.5 Å². The van der Waals surface area contributed by atoms with Crippen molar-refractivity contribution >= 4 is 54.8 Å². The molecule has 0 spiro atoms. The first-order valence-corrected chi connectivity index (χ1v) is 8.67. The predicted molar refractivity (Wildman–Crippen MR) is 91.5 cm³/mol. The maximum absolute atomic E-state index is 14.0. The second-order valence-electron chi connectivity index (χ2n) is 4.49. The van der Waals surface area contributed by atoms with Gasteiger partial charge in [0.05, 0.1) is 20.0 Å². The van der Waals surface area contributed by atoms with Gasteiger partial charge in [-0.3, -0.25) is 4.79 Å². The van der Waals surface area contributed by atoms with Gasteiger partial charge in [0, 0.05) is 4.47 Å². The van der Waals surface area contributed by atoms with Gasteiger partial charge < -0.3 is 5.32 Å². The fourth-order valence-corrected chi connectivity index (χ4v) is 3.78. The summed E-state index contributed by atoms with van der Waals surface area (Å²) in [5, 5.41) is 13.7. The van der Waals surface area contributed by atoms with Gasteiger partial charge in [-0.1, -0.05) is 0 Å². The highest BCUT2D eigenvalue weighted by molar-refractivity contribution is 9.13. The van der Waals surface area contributed by atoms with Gasteiger partial charge in [-0.15, -0.1) is 16.4 Å². The molecule has 0 saturated carbocycles. The summed E-state index contributed by atoms with van der Waals surface area (Å²) < 4.78 is 17.0. The van der Waals surface area contributed by atoms with Gasteiger partial charge in [-0.25, -0.2) is 4.39 Å². The van der Waals surface area contributed by atoms with Gasteiger partial charge in [0.15, 0.2) is 5.82 Å². The number of anilines is 1. The third kappa shape index (κ3) is 3.33. The molecule has 0 radical (unpaired) electrons. The van der Waals surface area contributed by atoms with Crippen LogP contribution >= 0.6 is 43.2 Å². The van der Waals surface area contributed by atoms with Crippen LogP contribution in [0.5, 0.6) is 0 Å². The van der Waals surface area contributed by atoms with E-state index in [2.05, 4.69) is 52.7 Å². The van der Waals surface area contributed by atoms with Crippen LogP contribution < -0.4 is 5.32 Å². The van der Waals surface area contributed by atoms with E-state index in [4.69, 9.17) is 0 Å². The number of carbonyl (C=O) groups excluding carboxylic acids is 1. The molecule has 0 saturated heterocycles. The number of thiophene rings is 1. The van der Waals surface area contributed by atoms with E-state index < -0.39 is 11.7 Å². The molecule has 2 aromatic heterocycles. The number of aryl methyl sites for hydroxylation is 1.